The summed E-state index contributed by atoms with van der Waals surface area (Å²) in [6, 6.07) is 27.7. The van der Waals surface area contributed by atoms with Crippen molar-refractivity contribution in [3.63, 3.8) is 0 Å². The topological polar surface area (TPSA) is 71.1 Å². The molecular formula is C25H19N3O2. The van der Waals surface area contributed by atoms with Gasteiger partial charge in [0.1, 0.15) is 5.82 Å². The van der Waals surface area contributed by atoms with Crippen LogP contribution >= 0.6 is 0 Å². The molecule has 2 amide bonds. The number of para-hydroxylation sites is 1. The molecule has 2 N–H and O–H groups in total. The Morgan fingerprint density at radius 1 is 0.767 bits per heavy atom. The van der Waals surface area contributed by atoms with Crippen LogP contribution in [0.25, 0.3) is 17.0 Å². The summed E-state index contributed by atoms with van der Waals surface area (Å²) in [4.78, 5) is 29.2. The molecule has 0 aliphatic carbocycles. The molecule has 0 atom stereocenters. The van der Waals surface area contributed by atoms with Gasteiger partial charge in [0.2, 0.25) is 5.91 Å². The Labute approximate surface area is 174 Å². The maximum Gasteiger partial charge on any atom is 0.256 e. The van der Waals surface area contributed by atoms with Gasteiger partial charge < -0.3 is 10.6 Å². The number of fused-ring (bicyclic) bond motifs is 1. The number of carbonyl (C=O) groups excluding carboxylic acids is 2. The molecule has 146 valence electrons. The van der Waals surface area contributed by atoms with Gasteiger partial charge in [-0.05, 0) is 48.0 Å². The third kappa shape index (κ3) is 4.77. The summed E-state index contributed by atoms with van der Waals surface area (Å²) >= 11 is 0. The van der Waals surface area contributed by atoms with Crippen LogP contribution in [0.15, 0.2) is 97.1 Å². The lowest BCUT2D eigenvalue weighted by molar-refractivity contribution is -0.111. The highest BCUT2D eigenvalue weighted by Gasteiger charge is 2.09. The van der Waals surface area contributed by atoms with E-state index in [0.29, 0.717) is 17.1 Å². The van der Waals surface area contributed by atoms with Crippen molar-refractivity contribution in [1.82, 2.24) is 4.98 Å². The minimum atomic E-state index is -0.297. The molecule has 30 heavy (non-hydrogen) atoms. The van der Waals surface area contributed by atoms with E-state index in [2.05, 4.69) is 15.6 Å². The summed E-state index contributed by atoms with van der Waals surface area (Å²) in [6.45, 7) is 0. The van der Waals surface area contributed by atoms with Crippen molar-refractivity contribution in [3.05, 3.63) is 108 Å². The van der Waals surface area contributed by atoms with E-state index in [-0.39, 0.29) is 11.8 Å². The Bertz CT molecular complexity index is 1230. The van der Waals surface area contributed by atoms with Crippen molar-refractivity contribution < 1.29 is 9.59 Å². The van der Waals surface area contributed by atoms with Gasteiger partial charge in [-0.1, -0.05) is 54.6 Å². The monoisotopic (exact) mass is 393 g/mol. The predicted molar refractivity (Wildman–Crippen MR) is 120 cm³/mol. The lowest BCUT2D eigenvalue weighted by atomic mass is 10.1. The van der Waals surface area contributed by atoms with Gasteiger partial charge in [0, 0.05) is 22.7 Å². The second kappa shape index (κ2) is 8.84. The third-order valence-corrected chi connectivity index (χ3v) is 4.46. The number of rotatable bonds is 5. The van der Waals surface area contributed by atoms with E-state index in [4.69, 9.17) is 0 Å². The summed E-state index contributed by atoms with van der Waals surface area (Å²) in [6.07, 6.45) is 3.19. The summed E-state index contributed by atoms with van der Waals surface area (Å²) in [5.41, 5.74) is 2.71. The first-order valence-electron chi connectivity index (χ1n) is 9.49. The lowest BCUT2D eigenvalue weighted by Crippen LogP contribution is -2.14. The Morgan fingerprint density at radius 3 is 2.43 bits per heavy atom. The van der Waals surface area contributed by atoms with E-state index in [0.717, 1.165) is 16.5 Å². The number of aromatic nitrogens is 1. The first kappa shape index (κ1) is 19.1. The van der Waals surface area contributed by atoms with Crippen LogP contribution in [0.2, 0.25) is 0 Å². The maximum absolute atomic E-state index is 12.6. The van der Waals surface area contributed by atoms with Gasteiger partial charge in [0.05, 0.1) is 5.52 Å². The van der Waals surface area contributed by atoms with Gasteiger partial charge in [-0.15, -0.1) is 0 Å². The quantitative estimate of drug-likeness (QED) is 0.461. The van der Waals surface area contributed by atoms with Crippen LogP contribution in [0.4, 0.5) is 11.5 Å². The largest absolute Gasteiger partial charge is 0.322 e. The zero-order valence-electron chi connectivity index (χ0n) is 16.1. The first-order chi connectivity index (χ1) is 14.7. The van der Waals surface area contributed by atoms with E-state index in [9.17, 15) is 9.59 Å². The van der Waals surface area contributed by atoms with Crippen LogP contribution in [-0.4, -0.2) is 16.8 Å². The lowest BCUT2D eigenvalue weighted by Gasteiger charge is -2.08. The molecule has 0 aliphatic heterocycles. The SMILES string of the molecule is O=C(C=Cc1ccccc1)Nc1cccc(C(=O)Nc2ccc3ccccc3n2)c1. The van der Waals surface area contributed by atoms with Crippen LogP contribution in [0.1, 0.15) is 15.9 Å². The Hall–Kier alpha value is -4.25. The third-order valence-electron chi connectivity index (χ3n) is 4.46. The fraction of sp³-hybridized carbons (Fsp3) is 0. The zero-order chi connectivity index (χ0) is 20.8. The molecule has 0 saturated heterocycles. The van der Waals surface area contributed by atoms with Gasteiger partial charge in [0.25, 0.3) is 5.91 Å². The molecule has 0 unspecified atom stereocenters. The summed E-state index contributed by atoms with van der Waals surface area (Å²) in [7, 11) is 0. The number of hydrogen-bond donors (Lipinski definition) is 2. The van der Waals surface area contributed by atoms with Gasteiger partial charge in [-0.2, -0.15) is 0 Å². The van der Waals surface area contributed by atoms with Crippen LogP contribution < -0.4 is 10.6 Å². The first-order valence-corrected chi connectivity index (χ1v) is 9.49. The number of benzene rings is 3. The van der Waals surface area contributed by atoms with Crippen molar-refractivity contribution in [2.45, 2.75) is 0 Å². The van der Waals surface area contributed by atoms with Crippen LogP contribution in [0, 0.1) is 0 Å². The molecule has 5 heteroatoms. The maximum atomic E-state index is 12.6. The average molecular weight is 393 g/mol. The summed E-state index contributed by atoms with van der Waals surface area (Å²) < 4.78 is 0. The smallest absolute Gasteiger partial charge is 0.256 e. The molecule has 0 saturated carbocycles. The molecule has 0 spiro atoms. The fourth-order valence-electron chi connectivity index (χ4n) is 2.98. The minimum absolute atomic E-state index is 0.271. The molecule has 0 fully saturated rings. The van der Waals surface area contributed by atoms with Gasteiger partial charge in [0.15, 0.2) is 0 Å². The molecule has 0 radical (unpaired) electrons. The highest BCUT2D eigenvalue weighted by Crippen LogP contribution is 2.17. The van der Waals surface area contributed by atoms with E-state index in [1.54, 1.807) is 36.4 Å². The zero-order valence-corrected chi connectivity index (χ0v) is 16.1. The Balaban J connectivity index is 1.43. The number of amides is 2. The minimum Gasteiger partial charge on any atom is -0.322 e. The van der Waals surface area contributed by atoms with E-state index in [1.807, 2.05) is 60.7 Å². The predicted octanol–water partition coefficient (Wildman–Crippen LogP) is 5.14. The molecule has 4 rings (SSSR count). The molecule has 5 nitrogen and oxygen atoms in total. The van der Waals surface area contributed by atoms with Crippen molar-refractivity contribution in [1.29, 1.82) is 0 Å². The van der Waals surface area contributed by atoms with Gasteiger partial charge in [-0.25, -0.2) is 4.98 Å². The normalized spacial score (nSPS) is 10.8. The van der Waals surface area contributed by atoms with Crippen molar-refractivity contribution in [2.75, 3.05) is 10.6 Å². The highest BCUT2D eigenvalue weighted by molar-refractivity contribution is 6.06. The van der Waals surface area contributed by atoms with Crippen LogP contribution in [0.3, 0.4) is 0 Å². The number of anilines is 2. The average Bonchev–Trinajstić information content (AvgIpc) is 2.78. The van der Waals surface area contributed by atoms with Crippen molar-refractivity contribution in [2.24, 2.45) is 0 Å². The van der Waals surface area contributed by atoms with Gasteiger partial charge >= 0.3 is 0 Å². The number of hydrogen-bond acceptors (Lipinski definition) is 3. The van der Waals surface area contributed by atoms with E-state index >= 15 is 0 Å². The van der Waals surface area contributed by atoms with Crippen molar-refractivity contribution in [3.8, 4) is 0 Å². The number of nitrogens with one attached hydrogen (secondary N) is 2. The molecule has 0 aliphatic rings. The molecule has 1 heterocycles. The molecule has 0 bridgehead atoms. The molecule has 1 aromatic heterocycles. The number of nitrogens with zero attached hydrogens (tertiary/aromatic N) is 1. The molecule has 4 aromatic rings. The Kier molecular flexibility index (Phi) is 5.62. The summed E-state index contributed by atoms with van der Waals surface area (Å²) in [5, 5.41) is 6.58. The fourth-order valence-corrected chi connectivity index (χ4v) is 2.98. The highest BCUT2D eigenvalue weighted by atomic mass is 16.2. The van der Waals surface area contributed by atoms with Gasteiger partial charge in [-0.3, -0.25) is 9.59 Å². The summed E-state index contributed by atoms with van der Waals surface area (Å²) in [5.74, 6) is -0.0970. The Morgan fingerprint density at radius 2 is 1.57 bits per heavy atom. The molecular weight excluding hydrogens is 374 g/mol. The molecule has 3 aromatic carbocycles. The number of carbonyl (C=O) groups is 2. The van der Waals surface area contributed by atoms with Crippen LogP contribution in [-0.2, 0) is 4.79 Å². The standard InChI is InChI=1S/C25H19N3O2/c29-24(16-13-18-7-2-1-3-8-18)26-21-11-6-10-20(17-21)25(30)28-23-15-14-19-9-4-5-12-22(19)27-23/h1-17H,(H,26,29)(H,27,28,30). The number of pyridine rings is 1. The van der Waals surface area contributed by atoms with E-state index < -0.39 is 0 Å². The second-order valence-corrected chi connectivity index (χ2v) is 6.66. The van der Waals surface area contributed by atoms with E-state index in [1.165, 1.54) is 6.08 Å². The second-order valence-electron chi connectivity index (χ2n) is 6.66. The van der Waals surface area contributed by atoms with Crippen LogP contribution in [0.5, 0.6) is 0 Å². The van der Waals surface area contributed by atoms with Crippen molar-refractivity contribution >= 4 is 40.3 Å².